The molecule has 0 aromatic rings. The van der Waals surface area contributed by atoms with Crippen LogP contribution in [0.1, 0.15) is 14.8 Å². The molecule has 0 aromatic carbocycles. The summed E-state index contributed by atoms with van der Waals surface area (Å²) in [4.78, 5) is 25.3. The average Bonchev–Trinajstić information content (AvgIpc) is 2.34. The Balaban J connectivity index is 0. The van der Waals surface area contributed by atoms with Gasteiger partial charge in [0, 0.05) is 39.3 Å². The van der Waals surface area contributed by atoms with E-state index in [0.29, 0.717) is 39.3 Å². The van der Waals surface area contributed by atoms with Crippen molar-refractivity contribution in [3.05, 3.63) is 0 Å². The van der Waals surface area contributed by atoms with Crippen LogP contribution in [0.2, 0.25) is 0 Å². The van der Waals surface area contributed by atoms with Gasteiger partial charge in [0.05, 0.1) is 6.42 Å². The molecule has 2 N–H and O–H groups in total. The number of carboxylic acid groups (broad SMARTS) is 2. The molecule has 7 nitrogen and oxygen atoms in total. The number of hydrogen-bond donors (Lipinski definition) is 2. The Morgan fingerprint density at radius 2 is 1.84 bits per heavy atom. The molecule has 0 aliphatic carbocycles. The number of carbonyl (C=O) groups is 2. The van der Waals surface area contributed by atoms with Crippen molar-refractivity contribution in [1.29, 1.82) is 0 Å². The molecule has 0 amide bonds. The van der Waals surface area contributed by atoms with Crippen molar-refractivity contribution in [2.75, 3.05) is 39.3 Å². The van der Waals surface area contributed by atoms with Crippen LogP contribution in [-0.4, -0.2) is 77.5 Å². The van der Waals surface area contributed by atoms with Crippen LogP contribution in [0.15, 0.2) is 0 Å². The molecule has 19 heavy (non-hydrogen) atoms. The summed E-state index contributed by atoms with van der Waals surface area (Å²) in [6.07, 6.45) is -0.773. The van der Waals surface area contributed by atoms with Gasteiger partial charge in [-0.3, -0.25) is 9.69 Å². The fraction of sp³-hybridized carbons (Fsp3) is 0.818. The summed E-state index contributed by atoms with van der Waals surface area (Å²) in [5, 5.41) is 17.6. The topological polar surface area (TPSA) is 90.3 Å². The summed E-state index contributed by atoms with van der Waals surface area (Å²) in [5.41, 5.74) is 0. The van der Waals surface area contributed by atoms with Crippen LogP contribution in [0.3, 0.4) is 0 Å². The van der Waals surface area contributed by atoms with Crippen LogP contribution in [0.5, 0.6) is 0 Å². The normalized spacial score (nSPS) is 18.6. The minimum atomic E-state index is -0.976. The molecule has 1 unspecified atom stereocenters. The Morgan fingerprint density at radius 1 is 1.26 bits per heavy atom. The van der Waals surface area contributed by atoms with E-state index in [0.717, 1.165) is 0 Å². The zero-order valence-corrected chi connectivity index (χ0v) is 14.7. The van der Waals surface area contributed by atoms with E-state index in [1.165, 1.54) is 0 Å². The van der Waals surface area contributed by atoms with Gasteiger partial charge in [-0.15, -0.1) is 0 Å². The van der Waals surface area contributed by atoms with E-state index in [9.17, 15) is 9.59 Å². The molecule has 1 aliphatic rings. The average molecular weight is 300 g/mol. The molecule has 0 aromatic heterocycles. The SMILES string of the molecule is CCOC(C(=O)O)N1CCN(CCC(=O)O)CC1.[H-].[K+]. The summed E-state index contributed by atoms with van der Waals surface area (Å²) in [7, 11) is 0. The van der Waals surface area contributed by atoms with Crippen LogP contribution in [-0.2, 0) is 14.3 Å². The fourth-order valence-corrected chi connectivity index (χ4v) is 1.97. The third-order valence-corrected chi connectivity index (χ3v) is 2.92. The van der Waals surface area contributed by atoms with E-state index in [1.807, 2.05) is 4.90 Å². The first-order chi connectivity index (χ1) is 8.54. The monoisotopic (exact) mass is 300 g/mol. The predicted octanol–water partition coefficient (Wildman–Crippen LogP) is -3.36. The molecule has 1 atom stereocenters. The zero-order valence-electron chi connectivity index (χ0n) is 12.5. The summed E-state index contributed by atoms with van der Waals surface area (Å²) < 4.78 is 5.19. The smallest absolute Gasteiger partial charge is 1.00 e. The quantitative estimate of drug-likeness (QED) is 0.475. The minimum absolute atomic E-state index is 0. The molecule has 0 radical (unpaired) electrons. The molecule has 1 saturated heterocycles. The molecule has 1 aliphatic heterocycles. The second kappa shape index (κ2) is 10.2. The van der Waals surface area contributed by atoms with Gasteiger partial charge in [-0.1, -0.05) is 0 Å². The van der Waals surface area contributed by atoms with Crippen LogP contribution in [0.4, 0.5) is 0 Å². The molecule has 8 heteroatoms. The predicted molar refractivity (Wildman–Crippen MR) is 64.4 cm³/mol. The van der Waals surface area contributed by atoms with E-state index in [-0.39, 0.29) is 59.2 Å². The molecular formula is C11H21KN2O5. The second-order valence-corrected chi connectivity index (χ2v) is 4.17. The van der Waals surface area contributed by atoms with Gasteiger partial charge in [0.1, 0.15) is 0 Å². The molecular weight excluding hydrogens is 279 g/mol. The van der Waals surface area contributed by atoms with Crippen molar-refractivity contribution in [3.8, 4) is 0 Å². The number of carboxylic acids is 2. The van der Waals surface area contributed by atoms with Crippen molar-refractivity contribution >= 4 is 11.9 Å². The van der Waals surface area contributed by atoms with Gasteiger partial charge < -0.3 is 21.3 Å². The van der Waals surface area contributed by atoms with Crippen LogP contribution < -0.4 is 51.4 Å². The number of hydrogen-bond acceptors (Lipinski definition) is 5. The van der Waals surface area contributed by atoms with E-state index in [1.54, 1.807) is 11.8 Å². The van der Waals surface area contributed by atoms with Gasteiger partial charge in [0.15, 0.2) is 0 Å². The summed E-state index contributed by atoms with van der Waals surface area (Å²) in [6.45, 7) is 5.13. The van der Waals surface area contributed by atoms with E-state index in [4.69, 9.17) is 14.9 Å². The Kier molecular flexibility index (Phi) is 10.5. The van der Waals surface area contributed by atoms with Crippen LogP contribution >= 0.6 is 0 Å². The number of piperazine rings is 1. The molecule has 1 fully saturated rings. The number of aliphatic carboxylic acids is 2. The summed E-state index contributed by atoms with van der Waals surface area (Å²) in [5.74, 6) is -1.79. The van der Waals surface area contributed by atoms with E-state index < -0.39 is 18.2 Å². The third-order valence-electron chi connectivity index (χ3n) is 2.92. The first-order valence-electron chi connectivity index (χ1n) is 6.07. The van der Waals surface area contributed by atoms with Crippen molar-refractivity contribution in [2.24, 2.45) is 0 Å². The molecule has 0 bridgehead atoms. The standard InChI is InChI=1S/C11H20N2O5.K.H/c1-2-18-10(11(16)17)13-7-5-12(6-8-13)4-3-9(14)15;;/h10H,2-8H2,1H3,(H,14,15)(H,16,17);;/q;+1;-1. The number of rotatable bonds is 7. The number of ether oxygens (including phenoxy) is 1. The van der Waals surface area contributed by atoms with Crippen molar-refractivity contribution in [2.45, 2.75) is 19.6 Å². The maximum Gasteiger partial charge on any atom is 1.00 e. The molecule has 106 valence electrons. The first kappa shape index (κ1) is 19.5. The third kappa shape index (κ3) is 7.14. The Bertz CT molecular complexity index is 301. The van der Waals surface area contributed by atoms with Gasteiger partial charge in [0.25, 0.3) is 0 Å². The minimum Gasteiger partial charge on any atom is -1.00 e. The van der Waals surface area contributed by atoms with Crippen LogP contribution in [0.25, 0.3) is 0 Å². The van der Waals surface area contributed by atoms with Crippen molar-refractivity contribution < 1.29 is 77.4 Å². The van der Waals surface area contributed by atoms with Gasteiger partial charge >= 0.3 is 63.3 Å². The Hall–Kier alpha value is 0.456. The largest absolute Gasteiger partial charge is 1.00 e. The maximum atomic E-state index is 11.0. The maximum absolute atomic E-state index is 11.0. The van der Waals surface area contributed by atoms with Gasteiger partial charge in [-0.25, -0.2) is 4.79 Å². The second-order valence-electron chi connectivity index (χ2n) is 4.17. The summed E-state index contributed by atoms with van der Waals surface area (Å²) in [6, 6.07) is 0. The molecule has 1 heterocycles. The molecule has 0 saturated carbocycles. The number of nitrogens with zero attached hydrogens (tertiary/aromatic N) is 2. The Morgan fingerprint density at radius 3 is 2.26 bits per heavy atom. The fourth-order valence-electron chi connectivity index (χ4n) is 1.97. The van der Waals surface area contributed by atoms with E-state index >= 15 is 0 Å². The van der Waals surface area contributed by atoms with Gasteiger partial charge in [-0.05, 0) is 6.92 Å². The molecule has 0 spiro atoms. The molecule has 1 rings (SSSR count). The Labute approximate surface area is 156 Å². The van der Waals surface area contributed by atoms with Gasteiger partial charge in [-0.2, -0.15) is 0 Å². The zero-order chi connectivity index (χ0) is 13.5. The summed E-state index contributed by atoms with van der Waals surface area (Å²) >= 11 is 0. The van der Waals surface area contributed by atoms with Crippen LogP contribution in [0, 0.1) is 0 Å². The van der Waals surface area contributed by atoms with Crippen molar-refractivity contribution in [1.82, 2.24) is 9.80 Å². The van der Waals surface area contributed by atoms with Gasteiger partial charge in [0.2, 0.25) is 6.23 Å². The van der Waals surface area contributed by atoms with Crippen molar-refractivity contribution in [3.63, 3.8) is 0 Å². The first-order valence-corrected chi connectivity index (χ1v) is 6.07. The van der Waals surface area contributed by atoms with E-state index in [2.05, 4.69) is 0 Å².